The molecule has 0 saturated heterocycles. The minimum atomic E-state index is -0.368. The lowest BCUT2D eigenvalue weighted by Crippen LogP contribution is -2.16. The average molecular weight is 290 g/mol. The molecular weight excluding hydrogens is 272 g/mol. The molecule has 0 bridgehead atoms. The van der Waals surface area contributed by atoms with Crippen molar-refractivity contribution in [1.29, 1.82) is 0 Å². The molecular formula is C15H18N2O2S. The summed E-state index contributed by atoms with van der Waals surface area (Å²) in [7, 11) is 0. The second kappa shape index (κ2) is 7.14. The zero-order valence-corrected chi connectivity index (χ0v) is 12.0. The second-order valence-corrected chi connectivity index (χ2v) is 5.79. The average Bonchev–Trinajstić information content (AvgIpc) is 2.90. The normalized spacial score (nSPS) is 17.1. The topological polar surface area (TPSA) is 72.2 Å². The van der Waals surface area contributed by atoms with E-state index in [2.05, 4.69) is 17.5 Å². The number of hydrogen-bond acceptors (Lipinski definition) is 3. The van der Waals surface area contributed by atoms with Crippen molar-refractivity contribution in [3.05, 3.63) is 36.4 Å². The standard InChI is InChI=1S/C15H18N2O2S/c16-14(18)10-20-13-8-4-3-7-12(13)17-15(19)9-11-5-1-2-6-11/h1,3-5,7-8,11H,2,6,9-10H2,(H2,16,18)(H,17,19)/t11-/m0/s1. The Morgan fingerprint density at radius 2 is 2.15 bits per heavy atom. The summed E-state index contributed by atoms with van der Waals surface area (Å²) >= 11 is 1.34. The number of benzene rings is 1. The van der Waals surface area contributed by atoms with Crippen LogP contribution < -0.4 is 11.1 Å². The molecule has 5 heteroatoms. The number of nitrogens with two attached hydrogens (primary N) is 1. The molecule has 0 spiro atoms. The molecule has 0 saturated carbocycles. The summed E-state index contributed by atoms with van der Waals surface area (Å²) in [6, 6.07) is 7.45. The lowest BCUT2D eigenvalue weighted by Gasteiger charge is -2.12. The molecule has 20 heavy (non-hydrogen) atoms. The van der Waals surface area contributed by atoms with Gasteiger partial charge in [0.05, 0.1) is 11.4 Å². The number of allylic oxidation sites excluding steroid dienone is 2. The quantitative estimate of drug-likeness (QED) is 0.624. The molecule has 106 valence electrons. The molecule has 0 heterocycles. The monoisotopic (exact) mass is 290 g/mol. The number of primary amides is 1. The third kappa shape index (κ3) is 4.42. The van der Waals surface area contributed by atoms with Crippen molar-refractivity contribution in [2.75, 3.05) is 11.1 Å². The van der Waals surface area contributed by atoms with Gasteiger partial charge in [0.25, 0.3) is 0 Å². The zero-order chi connectivity index (χ0) is 14.4. The van der Waals surface area contributed by atoms with Crippen LogP contribution in [0.2, 0.25) is 0 Å². The molecule has 0 aliphatic heterocycles. The Labute approximate surface area is 122 Å². The summed E-state index contributed by atoms with van der Waals surface area (Å²) in [5.74, 6) is 0.194. The number of anilines is 1. The fourth-order valence-electron chi connectivity index (χ4n) is 2.15. The van der Waals surface area contributed by atoms with Gasteiger partial charge in [0.15, 0.2) is 0 Å². The van der Waals surface area contributed by atoms with E-state index in [1.54, 1.807) is 0 Å². The van der Waals surface area contributed by atoms with E-state index in [1.165, 1.54) is 11.8 Å². The van der Waals surface area contributed by atoms with Gasteiger partial charge in [-0.3, -0.25) is 9.59 Å². The van der Waals surface area contributed by atoms with Gasteiger partial charge >= 0.3 is 0 Å². The van der Waals surface area contributed by atoms with E-state index in [-0.39, 0.29) is 17.6 Å². The smallest absolute Gasteiger partial charge is 0.227 e. The number of thioether (sulfide) groups is 1. The van der Waals surface area contributed by atoms with Gasteiger partial charge in [0.2, 0.25) is 11.8 Å². The summed E-state index contributed by atoms with van der Waals surface area (Å²) in [5, 5.41) is 2.92. The fraction of sp³-hybridized carbons (Fsp3) is 0.333. The summed E-state index contributed by atoms with van der Waals surface area (Å²) in [4.78, 5) is 23.7. The predicted octanol–water partition coefficient (Wildman–Crippen LogP) is 2.56. The maximum Gasteiger partial charge on any atom is 0.227 e. The van der Waals surface area contributed by atoms with E-state index in [9.17, 15) is 9.59 Å². The van der Waals surface area contributed by atoms with Crippen molar-refractivity contribution in [3.8, 4) is 0 Å². The van der Waals surface area contributed by atoms with E-state index in [4.69, 9.17) is 5.73 Å². The van der Waals surface area contributed by atoms with Crippen LogP contribution in [0.4, 0.5) is 5.69 Å². The summed E-state index contributed by atoms with van der Waals surface area (Å²) in [5.41, 5.74) is 5.89. The largest absolute Gasteiger partial charge is 0.369 e. The van der Waals surface area contributed by atoms with Crippen molar-refractivity contribution in [3.63, 3.8) is 0 Å². The Morgan fingerprint density at radius 3 is 2.85 bits per heavy atom. The maximum atomic E-state index is 12.0. The maximum absolute atomic E-state index is 12.0. The first-order valence-corrected chi connectivity index (χ1v) is 7.60. The lowest BCUT2D eigenvalue weighted by molar-refractivity contribution is -0.117. The van der Waals surface area contributed by atoms with Crippen LogP contribution in [-0.4, -0.2) is 17.6 Å². The molecule has 3 N–H and O–H groups in total. The predicted molar refractivity (Wildman–Crippen MR) is 81.5 cm³/mol. The second-order valence-electron chi connectivity index (χ2n) is 4.77. The molecule has 1 aromatic carbocycles. The Balaban J connectivity index is 1.95. The number of amides is 2. The first kappa shape index (κ1) is 14.7. The molecule has 4 nitrogen and oxygen atoms in total. The molecule has 1 aromatic rings. The van der Waals surface area contributed by atoms with E-state index >= 15 is 0 Å². The van der Waals surface area contributed by atoms with Crippen molar-refractivity contribution in [2.24, 2.45) is 11.7 Å². The van der Waals surface area contributed by atoms with Crippen LogP contribution in [0.3, 0.4) is 0 Å². The first-order valence-electron chi connectivity index (χ1n) is 6.62. The number of nitrogens with one attached hydrogen (secondary N) is 1. The summed E-state index contributed by atoms with van der Waals surface area (Å²) in [6.07, 6.45) is 6.84. The fourth-order valence-corrected chi connectivity index (χ4v) is 2.90. The van der Waals surface area contributed by atoms with Gasteiger partial charge in [0.1, 0.15) is 0 Å². The van der Waals surface area contributed by atoms with Gasteiger partial charge < -0.3 is 11.1 Å². The summed E-state index contributed by atoms with van der Waals surface area (Å²) < 4.78 is 0. The molecule has 2 amide bonds. The molecule has 0 unspecified atom stereocenters. The molecule has 1 atom stereocenters. The number of rotatable bonds is 6. The third-order valence-electron chi connectivity index (χ3n) is 3.09. The van der Waals surface area contributed by atoms with Crippen LogP contribution in [0.1, 0.15) is 19.3 Å². The van der Waals surface area contributed by atoms with Gasteiger partial charge in [-0.05, 0) is 30.9 Å². The highest BCUT2D eigenvalue weighted by molar-refractivity contribution is 8.00. The van der Waals surface area contributed by atoms with Crippen molar-refractivity contribution < 1.29 is 9.59 Å². The van der Waals surface area contributed by atoms with Crippen LogP contribution in [0.25, 0.3) is 0 Å². The highest BCUT2D eigenvalue weighted by Gasteiger charge is 2.15. The zero-order valence-electron chi connectivity index (χ0n) is 11.2. The number of carbonyl (C=O) groups is 2. The first-order chi connectivity index (χ1) is 9.65. The van der Waals surface area contributed by atoms with E-state index in [0.717, 1.165) is 23.4 Å². The van der Waals surface area contributed by atoms with E-state index in [0.29, 0.717) is 12.3 Å². The molecule has 0 radical (unpaired) electrons. The summed E-state index contributed by atoms with van der Waals surface area (Å²) in [6.45, 7) is 0. The Bertz CT molecular complexity index is 528. The van der Waals surface area contributed by atoms with Gasteiger partial charge in [0, 0.05) is 11.3 Å². The third-order valence-corrected chi connectivity index (χ3v) is 4.19. The minimum Gasteiger partial charge on any atom is -0.369 e. The molecule has 1 aliphatic carbocycles. The molecule has 1 aliphatic rings. The van der Waals surface area contributed by atoms with Crippen LogP contribution in [0.5, 0.6) is 0 Å². The molecule has 2 rings (SSSR count). The van der Waals surface area contributed by atoms with Gasteiger partial charge in [-0.25, -0.2) is 0 Å². The Hall–Kier alpha value is -1.75. The molecule has 0 aromatic heterocycles. The Kier molecular flexibility index (Phi) is 5.24. The van der Waals surface area contributed by atoms with Crippen molar-refractivity contribution in [2.45, 2.75) is 24.2 Å². The van der Waals surface area contributed by atoms with Gasteiger partial charge in [-0.2, -0.15) is 0 Å². The molecule has 0 fully saturated rings. The van der Waals surface area contributed by atoms with E-state index < -0.39 is 0 Å². The van der Waals surface area contributed by atoms with E-state index in [1.807, 2.05) is 24.3 Å². The van der Waals surface area contributed by atoms with Crippen molar-refractivity contribution >= 4 is 29.3 Å². The Morgan fingerprint density at radius 1 is 1.35 bits per heavy atom. The van der Waals surface area contributed by atoms with Crippen LogP contribution in [-0.2, 0) is 9.59 Å². The van der Waals surface area contributed by atoms with Crippen LogP contribution >= 0.6 is 11.8 Å². The van der Waals surface area contributed by atoms with Gasteiger partial charge in [-0.1, -0.05) is 24.3 Å². The highest BCUT2D eigenvalue weighted by Crippen LogP contribution is 2.27. The number of carbonyl (C=O) groups excluding carboxylic acids is 2. The van der Waals surface area contributed by atoms with Gasteiger partial charge in [-0.15, -0.1) is 11.8 Å². The lowest BCUT2D eigenvalue weighted by atomic mass is 10.1. The number of hydrogen-bond donors (Lipinski definition) is 2. The van der Waals surface area contributed by atoms with Crippen molar-refractivity contribution in [1.82, 2.24) is 0 Å². The minimum absolute atomic E-state index is 0.00803. The highest BCUT2D eigenvalue weighted by atomic mass is 32.2. The van der Waals surface area contributed by atoms with Crippen LogP contribution in [0, 0.1) is 5.92 Å². The van der Waals surface area contributed by atoms with Crippen LogP contribution in [0.15, 0.2) is 41.3 Å². The number of para-hydroxylation sites is 1. The SMILES string of the molecule is NC(=O)CSc1ccccc1NC(=O)C[C@H]1C=CCC1.